The zero-order valence-electron chi connectivity index (χ0n) is 18.9. The van der Waals surface area contributed by atoms with Crippen LogP contribution in [0.2, 0.25) is 0 Å². The van der Waals surface area contributed by atoms with E-state index in [1.807, 2.05) is 18.2 Å². The minimum Gasteiger partial charge on any atom is -0.493 e. The molecule has 30 heavy (non-hydrogen) atoms. The molecule has 0 atom stereocenters. The van der Waals surface area contributed by atoms with Crippen molar-refractivity contribution in [3.05, 3.63) is 35.2 Å². The highest BCUT2D eigenvalue weighted by Gasteiger charge is 2.16. The van der Waals surface area contributed by atoms with E-state index in [9.17, 15) is 0 Å². The van der Waals surface area contributed by atoms with Gasteiger partial charge in [-0.3, -0.25) is 4.99 Å². The van der Waals surface area contributed by atoms with E-state index < -0.39 is 0 Å². The fraction of sp³-hybridized carbons (Fsp3) is 0.545. The van der Waals surface area contributed by atoms with Crippen molar-refractivity contribution < 1.29 is 18.7 Å². The van der Waals surface area contributed by atoms with Crippen molar-refractivity contribution in [3.63, 3.8) is 0 Å². The average molecular weight is 419 g/mol. The van der Waals surface area contributed by atoms with E-state index in [1.165, 1.54) is 0 Å². The lowest BCUT2D eigenvalue weighted by molar-refractivity contribution is 0.322. The molecule has 2 aromatic rings. The number of rotatable bonds is 11. The van der Waals surface area contributed by atoms with Gasteiger partial charge >= 0.3 is 0 Å². The van der Waals surface area contributed by atoms with E-state index in [1.54, 1.807) is 28.4 Å². The zero-order valence-corrected chi connectivity index (χ0v) is 18.9. The summed E-state index contributed by atoms with van der Waals surface area (Å²) in [7, 11) is 6.58. The molecule has 0 fully saturated rings. The van der Waals surface area contributed by atoms with E-state index >= 15 is 0 Å². The summed E-state index contributed by atoms with van der Waals surface area (Å²) >= 11 is 0. The molecule has 2 rings (SSSR count). The number of aromatic nitrogens is 1. The predicted octanol–water partition coefficient (Wildman–Crippen LogP) is 3.51. The Balaban J connectivity index is 1.91. The first-order chi connectivity index (χ1) is 14.6. The number of ether oxygens (including phenoxy) is 3. The van der Waals surface area contributed by atoms with Gasteiger partial charge in [0.25, 0.3) is 0 Å². The lowest BCUT2D eigenvalue weighted by Crippen LogP contribution is -2.37. The summed E-state index contributed by atoms with van der Waals surface area (Å²) in [6, 6.07) is 5.88. The molecule has 0 aliphatic heterocycles. The Morgan fingerprint density at radius 3 is 2.40 bits per heavy atom. The second-order valence-corrected chi connectivity index (χ2v) is 6.83. The molecule has 0 saturated heterocycles. The van der Waals surface area contributed by atoms with Gasteiger partial charge in [0, 0.05) is 31.1 Å². The maximum absolute atomic E-state index is 5.54. The van der Waals surface area contributed by atoms with Crippen molar-refractivity contribution in [2.24, 2.45) is 4.99 Å². The quantitative estimate of drug-likeness (QED) is 0.426. The number of methoxy groups -OCH3 is 3. The van der Waals surface area contributed by atoms with Crippen LogP contribution in [0, 0.1) is 0 Å². The molecule has 8 nitrogen and oxygen atoms in total. The third-order valence-corrected chi connectivity index (χ3v) is 5.11. The summed E-state index contributed by atoms with van der Waals surface area (Å²) in [5, 5.41) is 10.8. The number of guanidine groups is 1. The molecule has 1 heterocycles. The normalized spacial score (nSPS) is 11.5. The van der Waals surface area contributed by atoms with Crippen LogP contribution in [-0.4, -0.2) is 46.0 Å². The molecule has 0 saturated carbocycles. The Morgan fingerprint density at radius 1 is 1.07 bits per heavy atom. The molecule has 8 heteroatoms. The van der Waals surface area contributed by atoms with Crippen LogP contribution in [0.4, 0.5) is 0 Å². The Bertz CT molecular complexity index is 815. The highest BCUT2D eigenvalue weighted by molar-refractivity contribution is 5.79. The van der Waals surface area contributed by atoms with Crippen molar-refractivity contribution in [1.82, 2.24) is 15.8 Å². The van der Waals surface area contributed by atoms with Gasteiger partial charge in [0.05, 0.1) is 33.6 Å². The monoisotopic (exact) mass is 418 g/mol. The summed E-state index contributed by atoms with van der Waals surface area (Å²) in [4.78, 5) is 4.27. The molecule has 2 N–H and O–H groups in total. The zero-order chi connectivity index (χ0) is 21.9. The van der Waals surface area contributed by atoms with Gasteiger partial charge in [0.1, 0.15) is 0 Å². The third-order valence-electron chi connectivity index (χ3n) is 5.11. The Labute approximate surface area is 179 Å². The Kier molecular flexibility index (Phi) is 9.31. The molecule has 0 unspecified atom stereocenters. The highest BCUT2D eigenvalue weighted by Crippen LogP contribution is 2.39. The summed E-state index contributed by atoms with van der Waals surface area (Å²) in [5.41, 5.74) is 2.03. The first-order valence-corrected chi connectivity index (χ1v) is 10.3. The lowest BCUT2D eigenvalue weighted by Gasteiger charge is -2.16. The first kappa shape index (κ1) is 23.4. The molecule has 0 aliphatic carbocycles. The maximum atomic E-state index is 5.54. The highest BCUT2D eigenvalue weighted by atomic mass is 16.5. The van der Waals surface area contributed by atoms with Crippen molar-refractivity contribution in [2.45, 2.75) is 45.6 Å². The third kappa shape index (κ3) is 5.81. The maximum Gasteiger partial charge on any atom is 0.203 e. The van der Waals surface area contributed by atoms with E-state index in [0.29, 0.717) is 42.2 Å². The van der Waals surface area contributed by atoms with Gasteiger partial charge in [-0.1, -0.05) is 25.1 Å². The smallest absolute Gasteiger partial charge is 0.203 e. The summed E-state index contributed by atoms with van der Waals surface area (Å²) < 4.78 is 21.8. The van der Waals surface area contributed by atoms with Crippen LogP contribution in [-0.2, 0) is 13.0 Å². The molecule has 166 valence electrons. The van der Waals surface area contributed by atoms with Crippen LogP contribution in [0.25, 0.3) is 0 Å². The van der Waals surface area contributed by atoms with Crippen LogP contribution in [0.15, 0.2) is 27.7 Å². The van der Waals surface area contributed by atoms with Crippen LogP contribution in [0.3, 0.4) is 0 Å². The fourth-order valence-electron chi connectivity index (χ4n) is 3.38. The lowest BCUT2D eigenvalue weighted by atomic mass is 9.99. The topological polar surface area (TPSA) is 90.1 Å². The molecule has 0 spiro atoms. The fourth-order valence-corrected chi connectivity index (χ4v) is 3.38. The van der Waals surface area contributed by atoms with E-state index in [-0.39, 0.29) is 0 Å². The molecule has 0 amide bonds. The van der Waals surface area contributed by atoms with Crippen molar-refractivity contribution >= 4 is 5.96 Å². The largest absolute Gasteiger partial charge is 0.493 e. The van der Waals surface area contributed by atoms with Gasteiger partial charge in [-0.25, -0.2) is 0 Å². The second-order valence-electron chi connectivity index (χ2n) is 6.83. The molecule has 0 radical (unpaired) electrons. The van der Waals surface area contributed by atoms with Crippen molar-refractivity contribution in [1.29, 1.82) is 0 Å². The number of aliphatic imine (C=N–C) groups is 1. The Morgan fingerprint density at radius 2 is 1.80 bits per heavy atom. The van der Waals surface area contributed by atoms with Gasteiger partial charge in [-0.15, -0.1) is 0 Å². The standard InChI is InChI=1S/C22H34N4O4/c1-7-15(8-2)18-13-17(30-26-18)14-25-22(23-3)24-12-11-16-9-10-19(27-4)21(29-6)20(16)28-5/h9-10,13,15H,7-8,11-12,14H2,1-6H3,(H2,23,24,25). The number of nitrogens with zero attached hydrogens (tertiary/aromatic N) is 2. The average Bonchev–Trinajstić information content (AvgIpc) is 3.24. The number of benzene rings is 1. The number of nitrogens with one attached hydrogen (secondary N) is 2. The number of hydrogen-bond donors (Lipinski definition) is 2. The molecular formula is C22H34N4O4. The molecule has 1 aromatic carbocycles. The van der Waals surface area contributed by atoms with Crippen molar-refractivity contribution in [3.8, 4) is 17.2 Å². The van der Waals surface area contributed by atoms with Gasteiger partial charge in [-0.2, -0.15) is 0 Å². The summed E-state index contributed by atoms with van der Waals surface area (Å²) in [6.07, 6.45) is 2.84. The SMILES string of the molecule is CCC(CC)c1cc(CNC(=NC)NCCc2ccc(OC)c(OC)c2OC)on1. The van der Waals surface area contributed by atoms with E-state index in [0.717, 1.165) is 36.3 Å². The minimum atomic E-state index is 0.441. The van der Waals surface area contributed by atoms with Crippen LogP contribution >= 0.6 is 0 Å². The van der Waals surface area contributed by atoms with E-state index in [4.69, 9.17) is 18.7 Å². The molecule has 0 bridgehead atoms. The van der Waals surface area contributed by atoms with Crippen LogP contribution in [0.1, 0.15) is 49.6 Å². The van der Waals surface area contributed by atoms with Crippen molar-refractivity contribution in [2.75, 3.05) is 34.9 Å². The van der Waals surface area contributed by atoms with Gasteiger partial charge in [-0.05, 0) is 25.3 Å². The Hall–Kier alpha value is -2.90. The minimum absolute atomic E-state index is 0.441. The van der Waals surface area contributed by atoms with Gasteiger partial charge in [0.15, 0.2) is 23.2 Å². The molecule has 0 aliphatic rings. The second kappa shape index (κ2) is 11.9. The summed E-state index contributed by atoms with van der Waals surface area (Å²) in [5.74, 6) is 3.84. The van der Waals surface area contributed by atoms with Gasteiger partial charge in [0.2, 0.25) is 5.75 Å². The van der Waals surface area contributed by atoms with E-state index in [2.05, 4.69) is 34.6 Å². The summed E-state index contributed by atoms with van der Waals surface area (Å²) in [6.45, 7) is 5.52. The predicted molar refractivity (Wildman–Crippen MR) is 118 cm³/mol. The molecule has 1 aromatic heterocycles. The first-order valence-electron chi connectivity index (χ1n) is 10.3. The molecular weight excluding hydrogens is 384 g/mol. The van der Waals surface area contributed by atoms with Gasteiger partial charge < -0.3 is 29.4 Å². The van der Waals surface area contributed by atoms with Crippen LogP contribution < -0.4 is 24.8 Å². The van der Waals surface area contributed by atoms with Crippen LogP contribution in [0.5, 0.6) is 17.2 Å². The number of hydrogen-bond acceptors (Lipinski definition) is 6.